The topological polar surface area (TPSA) is 66.7 Å². The number of carbonyl (C=O) groups excluding carboxylic acids is 1. The first-order chi connectivity index (χ1) is 9.70. The number of carboxylic acid groups (broad SMARTS) is 1. The average Bonchev–Trinajstić information content (AvgIpc) is 2.47. The van der Waals surface area contributed by atoms with Crippen LogP contribution in [-0.4, -0.2) is 17.2 Å². The second-order valence-electron chi connectivity index (χ2n) is 3.96. The Bertz CT molecular complexity index is 661. The van der Waals surface area contributed by atoms with Gasteiger partial charge in [0.25, 0.3) is 0 Å². The van der Waals surface area contributed by atoms with Gasteiger partial charge in [0.05, 0.1) is 11.3 Å². The molecular weight excluding hydrogens is 274 g/mol. The molecule has 2 aromatic carbocycles. The molecule has 0 saturated heterocycles. The highest BCUT2D eigenvalue weighted by Gasteiger charge is 2.09. The zero-order valence-corrected chi connectivity index (χ0v) is 11.3. The molecule has 0 bridgehead atoms. The normalized spacial score (nSPS) is 9.80. The van der Waals surface area contributed by atoms with Crippen molar-refractivity contribution in [2.45, 2.75) is 10.6 Å². The molecule has 0 aromatic heterocycles. The predicted molar refractivity (Wildman–Crippen MR) is 77.2 cm³/mol. The summed E-state index contributed by atoms with van der Waals surface area (Å²) in [6.45, 7) is 0. The van der Waals surface area contributed by atoms with Crippen LogP contribution in [0.3, 0.4) is 0 Å². The molecule has 0 saturated carbocycles. The summed E-state index contributed by atoms with van der Waals surface area (Å²) in [5.74, 6) is -0.279. The number of hydrogen-bond acceptors (Lipinski definition) is 4. The van der Waals surface area contributed by atoms with Crippen molar-refractivity contribution >= 4 is 29.5 Å². The van der Waals surface area contributed by atoms with Crippen molar-refractivity contribution in [2.75, 3.05) is 0 Å². The molecule has 100 valence electrons. The SMILES string of the molecule is O=C=Nc1ccc(CSc2ccccc2C(=O)O)cc1. The lowest BCUT2D eigenvalue weighted by molar-refractivity contribution is 0.0693. The van der Waals surface area contributed by atoms with Crippen LogP contribution in [0.15, 0.2) is 58.4 Å². The van der Waals surface area contributed by atoms with Crippen LogP contribution in [-0.2, 0) is 10.5 Å². The molecule has 0 unspecified atom stereocenters. The minimum atomic E-state index is -0.927. The van der Waals surface area contributed by atoms with Gasteiger partial charge in [0.2, 0.25) is 6.08 Å². The molecule has 0 aliphatic heterocycles. The van der Waals surface area contributed by atoms with Gasteiger partial charge < -0.3 is 5.11 Å². The van der Waals surface area contributed by atoms with Gasteiger partial charge in [-0.25, -0.2) is 9.59 Å². The van der Waals surface area contributed by atoms with Gasteiger partial charge in [-0.05, 0) is 29.8 Å². The number of carboxylic acids is 1. The van der Waals surface area contributed by atoms with Gasteiger partial charge in [-0.2, -0.15) is 4.99 Å². The Morgan fingerprint density at radius 1 is 1.15 bits per heavy atom. The van der Waals surface area contributed by atoms with Crippen molar-refractivity contribution < 1.29 is 14.7 Å². The maximum atomic E-state index is 11.1. The van der Waals surface area contributed by atoms with E-state index in [1.165, 1.54) is 17.8 Å². The molecule has 2 aromatic rings. The Morgan fingerprint density at radius 2 is 1.85 bits per heavy atom. The van der Waals surface area contributed by atoms with Gasteiger partial charge in [-0.15, -0.1) is 11.8 Å². The van der Waals surface area contributed by atoms with Crippen molar-refractivity contribution in [3.8, 4) is 0 Å². The fourth-order valence-electron chi connectivity index (χ4n) is 1.65. The fraction of sp³-hybridized carbons (Fsp3) is 0.0667. The molecule has 0 spiro atoms. The number of carbonyl (C=O) groups is 1. The van der Waals surface area contributed by atoms with Crippen LogP contribution < -0.4 is 0 Å². The average molecular weight is 285 g/mol. The number of benzene rings is 2. The van der Waals surface area contributed by atoms with Crippen molar-refractivity contribution in [3.63, 3.8) is 0 Å². The molecule has 5 heteroatoms. The lowest BCUT2D eigenvalue weighted by atomic mass is 10.2. The van der Waals surface area contributed by atoms with Gasteiger partial charge in [0.1, 0.15) is 0 Å². The smallest absolute Gasteiger partial charge is 0.336 e. The first-order valence-electron chi connectivity index (χ1n) is 5.82. The lowest BCUT2D eigenvalue weighted by Crippen LogP contribution is -1.98. The summed E-state index contributed by atoms with van der Waals surface area (Å²) < 4.78 is 0. The molecule has 0 radical (unpaired) electrons. The fourth-order valence-corrected chi connectivity index (χ4v) is 2.65. The first-order valence-corrected chi connectivity index (χ1v) is 6.81. The highest BCUT2D eigenvalue weighted by molar-refractivity contribution is 7.98. The third-order valence-electron chi connectivity index (χ3n) is 2.62. The van der Waals surface area contributed by atoms with Crippen LogP contribution in [0.2, 0.25) is 0 Å². The van der Waals surface area contributed by atoms with E-state index in [9.17, 15) is 9.59 Å². The van der Waals surface area contributed by atoms with Gasteiger partial charge in [-0.1, -0.05) is 24.3 Å². The van der Waals surface area contributed by atoms with E-state index in [0.29, 0.717) is 17.0 Å². The summed E-state index contributed by atoms with van der Waals surface area (Å²) in [7, 11) is 0. The summed E-state index contributed by atoms with van der Waals surface area (Å²) in [6.07, 6.45) is 1.49. The molecule has 2 rings (SSSR count). The van der Waals surface area contributed by atoms with Crippen LogP contribution in [0.25, 0.3) is 0 Å². The Balaban J connectivity index is 2.09. The Labute approximate surface area is 120 Å². The van der Waals surface area contributed by atoms with E-state index in [-0.39, 0.29) is 0 Å². The van der Waals surface area contributed by atoms with Crippen LogP contribution in [0.4, 0.5) is 5.69 Å². The Morgan fingerprint density at radius 3 is 2.50 bits per heavy atom. The Kier molecular flexibility index (Phi) is 4.71. The summed E-state index contributed by atoms with van der Waals surface area (Å²) in [4.78, 5) is 25.5. The number of isocyanates is 1. The first kappa shape index (κ1) is 14.1. The van der Waals surface area contributed by atoms with E-state index in [0.717, 1.165) is 10.5 Å². The monoisotopic (exact) mass is 285 g/mol. The highest BCUT2D eigenvalue weighted by atomic mass is 32.2. The van der Waals surface area contributed by atoms with Gasteiger partial charge in [0.15, 0.2) is 0 Å². The zero-order valence-electron chi connectivity index (χ0n) is 10.4. The number of nitrogens with zero attached hydrogens (tertiary/aromatic N) is 1. The van der Waals surface area contributed by atoms with Gasteiger partial charge in [-0.3, -0.25) is 0 Å². The van der Waals surface area contributed by atoms with Crippen LogP contribution in [0, 0.1) is 0 Å². The molecule has 0 amide bonds. The predicted octanol–water partition coefficient (Wildman–Crippen LogP) is 3.64. The maximum Gasteiger partial charge on any atom is 0.336 e. The van der Waals surface area contributed by atoms with Gasteiger partial charge >= 0.3 is 5.97 Å². The molecule has 0 aliphatic carbocycles. The van der Waals surface area contributed by atoms with E-state index < -0.39 is 5.97 Å². The van der Waals surface area contributed by atoms with E-state index >= 15 is 0 Å². The minimum Gasteiger partial charge on any atom is -0.478 e. The summed E-state index contributed by atoms with van der Waals surface area (Å²) in [5, 5.41) is 9.10. The summed E-state index contributed by atoms with van der Waals surface area (Å²) in [6, 6.07) is 14.1. The maximum absolute atomic E-state index is 11.1. The largest absolute Gasteiger partial charge is 0.478 e. The molecular formula is C15H11NO3S. The molecule has 1 N–H and O–H groups in total. The van der Waals surface area contributed by atoms with E-state index in [1.807, 2.05) is 18.2 Å². The third-order valence-corrected chi connectivity index (χ3v) is 3.77. The number of rotatable bonds is 5. The van der Waals surface area contributed by atoms with Crippen molar-refractivity contribution in [3.05, 3.63) is 59.7 Å². The number of thioether (sulfide) groups is 1. The quantitative estimate of drug-likeness (QED) is 0.517. The Hall–Kier alpha value is -2.36. The van der Waals surface area contributed by atoms with Crippen molar-refractivity contribution in [1.29, 1.82) is 0 Å². The van der Waals surface area contributed by atoms with Crippen LogP contribution in [0.5, 0.6) is 0 Å². The highest BCUT2D eigenvalue weighted by Crippen LogP contribution is 2.27. The third kappa shape index (κ3) is 3.57. The molecule has 20 heavy (non-hydrogen) atoms. The second-order valence-corrected chi connectivity index (χ2v) is 4.98. The second kappa shape index (κ2) is 6.70. The minimum absolute atomic E-state index is 0.305. The van der Waals surface area contributed by atoms with Crippen molar-refractivity contribution in [1.82, 2.24) is 0 Å². The molecule has 4 nitrogen and oxygen atoms in total. The zero-order chi connectivity index (χ0) is 14.4. The lowest BCUT2D eigenvalue weighted by Gasteiger charge is -2.05. The number of aliphatic imine (C=N–C) groups is 1. The van der Waals surface area contributed by atoms with Gasteiger partial charge in [0, 0.05) is 10.6 Å². The molecule has 0 aliphatic rings. The standard InChI is InChI=1S/C15H11NO3S/c17-10-16-12-7-5-11(6-8-12)9-20-14-4-2-1-3-13(14)15(18)19/h1-8H,9H2,(H,18,19). The molecule has 0 heterocycles. The van der Waals surface area contributed by atoms with Crippen molar-refractivity contribution in [2.24, 2.45) is 4.99 Å². The van der Waals surface area contributed by atoms with E-state index in [2.05, 4.69) is 4.99 Å². The van der Waals surface area contributed by atoms with Crippen LogP contribution >= 0.6 is 11.8 Å². The van der Waals surface area contributed by atoms with E-state index in [1.54, 1.807) is 30.3 Å². The molecule has 0 fully saturated rings. The summed E-state index contributed by atoms with van der Waals surface area (Å²) in [5.41, 5.74) is 1.89. The number of aromatic carboxylic acids is 1. The van der Waals surface area contributed by atoms with E-state index in [4.69, 9.17) is 5.11 Å². The molecule has 0 atom stereocenters. The van der Waals surface area contributed by atoms with Crippen LogP contribution in [0.1, 0.15) is 15.9 Å². The summed E-state index contributed by atoms with van der Waals surface area (Å²) >= 11 is 1.46. The number of hydrogen-bond donors (Lipinski definition) is 1.